The van der Waals surface area contributed by atoms with Gasteiger partial charge in [-0.1, -0.05) is 89.6 Å². The first-order chi connectivity index (χ1) is 38.7. The molecule has 1 spiro atoms. The van der Waals surface area contributed by atoms with Gasteiger partial charge in [0, 0.05) is 61.3 Å². The summed E-state index contributed by atoms with van der Waals surface area (Å²) in [6, 6.07) is -1.17. The first-order valence-corrected chi connectivity index (χ1v) is 30.1. The molecule has 454 valence electrons. The van der Waals surface area contributed by atoms with Gasteiger partial charge in [0.05, 0.1) is 19.0 Å². The van der Waals surface area contributed by atoms with Gasteiger partial charge in [0.2, 0.25) is 59.1 Å². The van der Waals surface area contributed by atoms with Crippen LogP contribution < -0.4 is 10.6 Å². The van der Waals surface area contributed by atoms with E-state index in [1.54, 1.807) is 27.8 Å². The van der Waals surface area contributed by atoms with Crippen molar-refractivity contribution in [1.29, 1.82) is 0 Å². The molecule has 6 rings (SSSR count). The van der Waals surface area contributed by atoms with Crippen molar-refractivity contribution in [2.45, 2.75) is 206 Å². The van der Waals surface area contributed by atoms with Crippen molar-refractivity contribution in [3.05, 3.63) is 35.4 Å². The van der Waals surface area contributed by atoms with Gasteiger partial charge in [-0.05, 0) is 102 Å². The van der Waals surface area contributed by atoms with E-state index in [1.165, 1.54) is 74.3 Å². The molecule has 2 saturated carbocycles. The second-order valence-electron chi connectivity index (χ2n) is 24.7. The summed E-state index contributed by atoms with van der Waals surface area (Å²) < 4.78 is 0. The first kappa shape index (κ1) is 64.8. The average molecular weight is 1140 g/mol. The Morgan fingerprint density at radius 2 is 1.29 bits per heavy atom. The van der Waals surface area contributed by atoms with Crippen molar-refractivity contribution < 1.29 is 52.7 Å². The third-order valence-electron chi connectivity index (χ3n) is 18.7. The van der Waals surface area contributed by atoms with Gasteiger partial charge in [-0.15, -0.1) is 0 Å². The van der Waals surface area contributed by atoms with Crippen LogP contribution in [0.1, 0.15) is 149 Å². The fourth-order valence-corrected chi connectivity index (χ4v) is 13.0. The molecule has 0 unspecified atom stereocenters. The number of likely N-dealkylation sites (N-methyl/N-ethyl adjacent to an activating group) is 6. The summed E-state index contributed by atoms with van der Waals surface area (Å²) in [7, 11) is 7.41. The molecule has 21 heteroatoms. The number of nitrogens with one attached hydrogen (secondary N) is 2. The smallest absolute Gasteiger partial charge is 0.248 e. The fourth-order valence-electron chi connectivity index (χ4n) is 13.0. The van der Waals surface area contributed by atoms with E-state index in [0.29, 0.717) is 51.4 Å². The number of hydrogen-bond acceptors (Lipinski definition) is 11. The van der Waals surface area contributed by atoms with Gasteiger partial charge in [0.25, 0.3) is 0 Å². The number of rotatable bonds is 9. The lowest BCUT2D eigenvalue weighted by Crippen LogP contribution is -2.65. The van der Waals surface area contributed by atoms with Crippen molar-refractivity contribution in [2.75, 3.05) is 61.4 Å². The fraction of sp³-hybridized carbons (Fsp3) is 0.721. The van der Waals surface area contributed by atoms with E-state index in [4.69, 9.17) is 0 Å². The Kier molecular flexibility index (Phi) is 21.9. The molecule has 0 aromatic heterocycles. The van der Waals surface area contributed by atoms with E-state index in [2.05, 4.69) is 10.6 Å². The molecule has 9 atom stereocenters. The van der Waals surface area contributed by atoms with E-state index in [-0.39, 0.29) is 57.2 Å². The van der Waals surface area contributed by atoms with Crippen LogP contribution in [0, 0.1) is 24.7 Å². The zero-order valence-corrected chi connectivity index (χ0v) is 51.2. The maximum Gasteiger partial charge on any atom is 0.248 e. The quantitative estimate of drug-likeness (QED) is 0.364. The van der Waals surface area contributed by atoms with Gasteiger partial charge in [-0.25, -0.2) is 0 Å². The molecule has 3 aliphatic heterocycles. The summed E-state index contributed by atoms with van der Waals surface area (Å²) in [5.74, 6) is -6.66. The minimum Gasteiger partial charge on any atom is -0.342 e. The van der Waals surface area contributed by atoms with E-state index < -0.39 is 138 Å². The van der Waals surface area contributed by atoms with E-state index in [1.807, 2.05) is 52.0 Å². The molecule has 10 amide bonds. The topological polar surface area (TPSA) is 238 Å². The third kappa shape index (κ3) is 14.1. The number of ketones is 1. The molecule has 21 nitrogen and oxygen atoms in total. The van der Waals surface area contributed by atoms with Crippen LogP contribution in [0.25, 0.3) is 0 Å². The molecule has 3 heterocycles. The number of aryl methyl sites for hydroxylation is 1. The molecule has 82 heavy (non-hydrogen) atoms. The van der Waals surface area contributed by atoms with Crippen LogP contribution >= 0.6 is 0 Å². The van der Waals surface area contributed by atoms with Gasteiger partial charge in [-0.3, -0.25) is 52.7 Å². The Balaban J connectivity index is 1.41. The number of fused-ring (bicyclic) bond motifs is 2. The van der Waals surface area contributed by atoms with Crippen molar-refractivity contribution in [1.82, 2.24) is 49.8 Å². The normalized spacial score (nSPS) is 28.4. The van der Waals surface area contributed by atoms with E-state index >= 15 is 9.59 Å². The monoisotopic (exact) mass is 1140 g/mol. The van der Waals surface area contributed by atoms with Crippen LogP contribution in [0.3, 0.4) is 0 Å². The van der Waals surface area contributed by atoms with E-state index in [9.17, 15) is 43.2 Å². The molecule has 0 radical (unpaired) electrons. The number of carbonyl (C=O) groups is 11. The molecule has 5 aliphatic rings. The van der Waals surface area contributed by atoms with Gasteiger partial charge in [0.15, 0.2) is 5.78 Å². The lowest BCUT2D eigenvalue weighted by molar-refractivity contribution is -0.161. The summed E-state index contributed by atoms with van der Waals surface area (Å²) in [6.07, 6.45) is 5.99. The van der Waals surface area contributed by atoms with Crippen LogP contribution in [0.2, 0.25) is 0 Å². The number of nitrogens with zero attached hydrogens (tertiary/aromatic N) is 8. The summed E-state index contributed by atoms with van der Waals surface area (Å²) in [4.78, 5) is 172. The number of benzene rings is 1. The molecule has 1 aromatic carbocycles. The number of Topliss-reactive ketones (excluding diaryl/α,β-unsaturated/α-hetero) is 1. The summed E-state index contributed by atoms with van der Waals surface area (Å²) in [5.41, 5.74) is 0.339. The molecular formula is C61H94N10O11. The Morgan fingerprint density at radius 3 is 1.85 bits per heavy atom. The number of amides is 10. The third-order valence-corrected chi connectivity index (χ3v) is 18.7. The van der Waals surface area contributed by atoms with Crippen LogP contribution in [0.5, 0.6) is 0 Å². The lowest BCUT2D eigenvalue weighted by Gasteiger charge is -2.45. The molecule has 3 saturated heterocycles. The highest BCUT2D eigenvalue weighted by atomic mass is 16.2. The van der Waals surface area contributed by atoms with Crippen molar-refractivity contribution >= 4 is 64.9 Å². The predicted octanol–water partition coefficient (Wildman–Crippen LogP) is 3.32. The lowest BCUT2D eigenvalue weighted by atomic mass is 9.90. The molecule has 2 N–H and O–H groups in total. The minimum atomic E-state index is -1.41. The predicted molar refractivity (Wildman–Crippen MR) is 308 cm³/mol. The Labute approximate surface area is 485 Å². The van der Waals surface area contributed by atoms with Crippen LogP contribution in [0.4, 0.5) is 0 Å². The maximum atomic E-state index is 15.2. The van der Waals surface area contributed by atoms with Gasteiger partial charge in [0.1, 0.15) is 47.8 Å². The number of hydrogen-bond donors (Lipinski definition) is 2. The van der Waals surface area contributed by atoms with Crippen LogP contribution in [-0.2, 0) is 59.2 Å². The summed E-state index contributed by atoms with van der Waals surface area (Å²) >= 11 is 0. The SMILES string of the molecule is CC[C@H](C)[C@@H]1NC(=O)[C@H](CC(C)C)N(C)C(=O)C[C@@H](C(C)=O)N(C)C(=O)[C@H](C2CCCC2)N(C)C(=O)C2(CCCC2)NC(=O)[C@@H]2CCCN2C(=O)CN(C)C(=O)[C@H](Cc2ccc(C)cc2)N(CC)C(=O)[C@@H]2CCN2C(=O)[C@H](C)N(C)C1=O. The Hall–Kier alpha value is -6.41. The first-order valence-electron chi connectivity index (χ1n) is 30.1. The summed E-state index contributed by atoms with van der Waals surface area (Å²) in [6.45, 7) is 14.1. The second-order valence-corrected chi connectivity index (χ2v) is 24.7. The largest absolute Gasteiger partial charge is 0.342 e. The molecule has 1 aromatic rings. The highest BCUT2D eigenvalue weighted by molar-refractivity contribution is 6.01. The second kappa shape index (κ2) is 27.8. The molecule has 5 fully saturated rings. The highest BCUT2D eigenvalue weighted by Gasteiger charge is 2.51. The van der Waals surface area contributed by atoms with Gasteiger partial charge >= 0.3 is 0 Å². The standard InChI is InChI=1S/C61H94N10O11/c1-14-39(6)51-58(80)65(10)40(7)55(77)71-32-28-45(71)57(79)69(15-2)48(34-42-26-24-38(5)25-27-42)56(78)64(9)36-50(74)70-31-20-23-44(70)54(76)63-61(29-18-19-30-61)60(82)68(13)52(43-21-16-17-22-43)59(81)67(12)46(41(8)72)35-49(73)66(11)47(33-37(3)4)53(75)62-51/h24-27,37,39-40,43-48,51-52H,14-23,28-36H2,1-13H3,(H,62,75)(H,63,76)/t39-,40-,44-,45-,46-,47-,48-,51-,52-/m0/s1. The minimum absolute atomic E-state index is 0.0812. The van der Waals surface area contributed by atoms with Crippen LogP contribution in [0.15, 0.2) is 24.3 Å². The zero-order chi connectivity index (χ0) is 60.7. The van der Waals surface area contributed by atoms with Gasteiger partial charge in [-0.2, -0.15) is 0 Å². The summed E-state index contributed by atoms with van der Waals surface area (Å²) in [5, 5.41) is 6.03. The Bertz CT molecular complexity index is 2550. The van der Waals surface area contributed by atoms with Crippen LogP contribution in [-0.4, -0.2) is 219 Å². The molecular weight excluding hydrogens is 1050 g/mol. The average Bonchev–Trinajstić information content (AvgIpc) is 3.78. The van der Waals surface area contributed by atoms with Crippen molar-refractivity contribution in [3.8, 4) is 0 Å². The molecule has 0 bridgehead atoms. The van der Waals surface area contributed by atoms with Crippen molar-refractivity contribution in [2.24, 2.45) is 17.8 Å². The maximum absolute atomic E-state index is 15.2. The highest BCUT2D eigenvalue weighted by Crippen LogP contribution is 2.37. The molecule has 2 aliphatic carbocycles. The zero-order valence-electron chi connectivity index (χ0n) is 51.2. The van der Waals surface area contributed by atoms with E-state index in [0.717, 1.165) is 24.0 Å². The van der Waals surface area contributed by atoms with Gasteiger partial charge < -0.3 is 49.8 Å². The van der Waals surface area contributed by atoms with Crippen molar-refractivity contribution in [3.63, 3.8) is 0 Å². The Morgan fingerprint density at radius 1 is 0.659 bits per heavy atom. The number of carbonyl (C=O) groups excluding carboxylic acids is 11.